The van der Waals surface area contributed by atoms with E-state index >= 15 is 0 Å². The number of carbonyl (C=O) groups excluding carboxylic acids is 1. The van der Waals surface area contributed by atoms with Crippen LogP contribution in [0, 0.1) is 0 Å². The van der Waals surface area contributed by atoms with Crippen molar-refractivity contribution in [1.29, 1.82) is 0 Å². The van der Waals surface area contributed by atoms with Crippen LogP contribution >= 0.6 is 11.8 Å². The highest BCUT2D eigenvalue weighted by molar-refractivity contribution is 7.99. The summed E-state index contributed by atoms with van der Waals surface area (Å²) < 4.78 is 2.91. The summed E-state index contributed by atoms with van der Waals surface area (Å²) >= 11 is 1.79. The van der Waals surface area contributed by atoms with Gasteiger partial charge in [0.05, 0.1) is 13.0 Å². The lowest BCUT2D eigenvalue weighted by atomic mass is 10.1. The Labute approximate surface area is 167 Å². The predicted octanol–water partition coefficient (Wildman–Crippen LogP) is 2.29. The molecule has 2 heterocycles. The van der Waals surface area contributed by atoms with E-state index in [1.807, 2.05) is 24.3 Å². The van der Waals surface area contributed by atoms with Gasteiger partial charge in [-0.3, -0.25) is 9.59 Å². The van der Waals surface area contributed by atoms with Crippen molar-refractivity contribution in [3.05, 3.63) is 70.8 Å². The van der Waals surface area contributed by atoms with Crippen LogP contribution in [0.2, 0.25) is 0 Å². The van der Waals surface area contributed by atoms with Gasteiger partial charge in [-0.25, -0.2) is 9.36 Å². The van der Waals surface area contributed by atoms with Crippen LogP contribution in [0.25, 0.3) is 5.82 Å². The molecule has 3 rings (SSSR count). The van der Waals surface area contributed by atoms with Crippen molar-refractivity contribution >= 4 is 17.7 Å². The second kappa shape index (κ2) is 9.36. The first-order valence-corrected chi connectivity index (χ1v) is 10.00. The molecule has 1 amide bonds. The smallest absolute Gasteiger partial charge is 0.266 e. The summed E-state index contributed by atoms with van der Waals surface area (Å²) in [5.41, 5.74) is 0.741. The van der Waals surface area contributed by atoms with E-state index in [9.17, 15) is 9.59 Å². The summed E-state index contributed by atoms with van der Waals surface area (Å²) in [5.74, 6) is 0.468. The van der Waals surface area contributed by atoms with E-state index in [1.165, 1.54) is 15.6 Å². The molecular weight excluding hydrogens is 374 g/mol. The molecule has 0 aliphatic rings. The first kappa shape index (κ1) is 19.9. The second-order valence-electron chi connectivity index (χ2n) is 6.54. The van der Waals surface area contributed by atoms with Crippen LogP contribution in [0.15, 0.2) is 64.5 Å². The number of rotatable bonds is 8. The molecule has 2 aromatic heterocycles. The van der Waals surface area contributed by atoms with Gasteiger partial charge >= 0.3 is 0 Å². The number of carbonyl (C=O) groups is 1. The van der Waals surface area contributed by atoms with Gasteiger partial charge in [-0.05, 0) is 29.8 Å². The Morgan fingerprint density at radius 1 is 1.18 bits per heavy atom. The molecule has 0 atom stereocenters. The Bertz CT molecular complexity index is 965. The van der Waals surface area contributed by atoms with Gasteiger partial charge in [0, 0.05) is 35.2 Å². The minimum atomic E-state index is -0.219. The summed E-state index contributed by atoms with van der Waals surface area (Å²) in [7, 11) is 0. The van der Waals surface area contributed by atoms with E-state index in [0.717, 1.165) is 5.56 Å². The van der Waals surface area contributed by atoms with Crippen LogP contribution in [0.5, 0.6) is 0 Å². The van der Waals surface area contributed by atoms with E-state index in [4.69, 9.17) is 0 Å². The summed E-state index contributed by atoms with van der Waals surface area (Å²) in [6.07, 6.45) is 3.71. The minimum absolute atomic E-state index is 0.0828. The SMILES string of the molecule is CC(C)Sc1ccc(CC(=O)NCCn2nc(-n3cccn3)ccc2=O)cc1. The number of aromatic nitrogens is 4. The van der Waals surface area contributed by atoms with Crippen molar-refractivity contribution in [3.63, 3.8) is 0 Å². The first-order chi connectivity index (χ1) is 13.5. The molecule has 1 N–H and O–H groups in total. The number of nitrogens with zero attached hydrogens (tertiary/aromatic N) is 4. The van der Waals surface area contributed by atoms with Gasteiger partial charge in [-0.1, -0.05) is 26.0 Å². The van der Waals surface area contributed by atoms with E-state index in [0.29, 0.717) is 30.6 Å². The van der Waals surface area contributed by atoms with Gasteiger partial charge in [-0.2, -0.15) is 5.10 Å². The lowest BCUT2D eigenvalue weighted by Gasteiger charge is -2.09. The quantitative estimate of drug-likeness (QED) is 0.590. The van der Waals surface area contributed by atoms with Gasteiger partial charge in [0.1, 0.15) is 0 Å². The Kier molecular flexibility index (Phi) is 6.65. The predicted molar refractivity (Wildman–Crippen MR) is 110 cm³/mol. The average Bonchev–Trinajstić information content (AvgIpc) is 3.19. The van der Waals surface area contributed by atoms with E-state index in [-0.39, 0.29) is 11.5 Å². The average molecular weight is 398 g/mol. The molecule has 0 saturated carbocycles. The third-order valence-electron chi connectivity index (χ3n) is 3.90. The van der Waals surface area contributed by atoms with Crippen molar-refractivity contribution in [1.82, 2.24) is 24.9 Å². The van der Waals surface area contributed by atoms with Crippen LogP contribution in [0.3, 0.4) is 0 Å². The molecule has 28 heavy (non-hydrogen) atoms. The van der Waals surface area contributed by atoms with E-state index < -0.39 is 0 Å². The van der Waals surface area contributed by atoms with Crippen molar-refractivity contribution < 1.29 is 4.79 Å². The molecule has 0 bridgehead atoms. The minimum Gasteiger partial charge on any atom is -0.354 e. The highest BCUT2D eigenvalue weighted by Crippen LogP contribution is 2.22. The molecule has 1 aromatic carbocycles. The number of amides is 1. The summed E-state index contributed by atoms with van der Waals surface area (Å²) in [5, 5.41) is 11.7. The van der Waals surface area contributed by atoms with E-state index in [1.54, 1.807) is 41.0 Å². The Morgan fingerprint density at radius 2 is 1.96 bits per heavy atom. The van der Waals surface area contributed by atoms with E-state index in [2.05, 4.69) is 29.4 Å². The Hall–Kier alpha value is -2.87. The lowest BCUT2D eigenvalue weighted by Crippen LogP contribution is -2.33. The zero-order valence-electron chi connectivity index (χ0n) is 15.9. The topological polar surface area (TPSA) is 81.8 Å². The summed E-state index contributed by atoms with van der Waals surface area (Å²) in [4.78, 5) is 25.3. The molecule has 0 aliphatic heterocycles. The van der Waals surface area contributed by atoms with Gasteiger partial charge in [-0.15, -0.1) is 16.9 Å². The second-order valence-corrected chi connectivity index (χ2v) is 8.19. The first-order valence-electron chi connectivity index (χ1n) is 9.12. The third kappa shape index (κ3) is 5.56. The molecule has 0 aliphatic carbocycles. The van der Waals surface area contributed by atoms with Crippen LogP contribution in [0.4, 0.5) is 0 Å². The monoisotopic (exact) mass is 397 g/mol. The number of benzene rings is 1. The van der Waals surface area contributed by atoms with Crippen LogP contribution in [0.1, 0.15) is 19.4 Å². The molecular formula is C20H23N5O2S. The molecule has 0 spiro atoms. The molecule has 7 nitrogen and oxygen atoms in total. The van der Waals surface area contributed by atoms with Gasteiger partial charge in [0.25, 0.3) is 5.56 Å². The third-order valence-corrected chi connectivity index (χ3v) is 4.91. The normalized spacial score (nSPS) is 11.0. The molecule has 3 aromatic rings. The Balaban J connectivity index is 1.51. The number of hydrogen-bond donors (Lipinski definition) is 1. The van der Waals surface area contributed by atoms with Crippen molar-refractivity contribution in [2.24, 2.45) is 0 Å². The summed E-state index contributed by atoms with van der Waals surface area (Å²) in [6, 6.07) is 12.9. The Morgan fingerprint density at radius 3 is 2.64 bits per heavy atom. The molecule has 0 unspecified atom stereocenters. The maximum Gasteiger partial charge on any atom is 0.266 e. The van der Waals surface area contributed by atoms with Crippen molar-refractivity contribution in [3.8, 4) is 5.82 Å². The molecule has 0 fully saturated rings. The van der Waals surface area contributed by atoms with Gasteiger partial charge in [0.2, 0.25) is 5.91 Å². The zero-order valence-corrected chi connectivity index (χ0v) is 16.7. The van der Waals surface area contributed by atoms with Crippen LogP contribution in [-0.2, 0) is 17.8 Å². The van der Waals surface area contributed by atoms with Crippen LogP contribution in [-0.4, -0.2) is 37.3 Å². The molecule has 0 radical (unpaired) electrons. The molecule has 146 valence electrons. The number of nitrogens with one attached hydrogen (secondary N) is 1. The number of hydrogen-bond acceptors (Lipinski definition) is 5. The van der Waals surface area contributed by atoms with Crippen LogP contribution < -0.4 is 10.9 Å². The maximum atomic E-state index is 12.2. The van der Waals surface area contributed by atoms with Crippen molar-refractivity contribution in [2.45, 2.75) is 37.0 Å². The fourth-order valence-corrected chi connectivity index (χ4v) is 3.47. The molecule has 0 saturated heterocycles. The number of thioether (sulfide) groups is 1. The summed E-state index contributed by atoms with van der Waals surface area (Å²) in [6.45, 7) is 4.92. The fraction of sp³-hybridized carbons (Fsp3) is 0.300. The maximum absolute atomic E-state index is 12.2. The van der Waals surface area contributed by atoms with Crippen molar-refractivity contribution in [2.75, 3.05) is 6.54 Å². The largest absolute Gasteiger partial charge is 0.354 e. The zero-order chi connectivity index (χ0) is 19.9. The standard InChI is InChI=1S/C20H23N5O2S/c1-15(2)28-17-6-4-16(5-7-17)14-19(26)21-11-13-25-20(27)9-8-18(23-25)24-12-3-10-22-24/h3-10,12,15H,11,13-14H2,1-2H3,(H,21,26). The highest BCUT2D eigenvalue weighted by Gasteiger charge is 2.06. The molecule has 8 heteroatoms. The fourth-order valence-electron chi connectivity index (χ4n) is 2.63. The lowest BCUT2D eigenvalue weighted by molar-refractivity contribution is -0.120. The van der Waals surface area contributed by atoms with Gasteiger partial charge < -0.3 is 5.32 Å². The highest BCUT2D eigenvalue weighted by atomic mass is 32.2. The van der Waals surface area contributed by atoms with Gasteiger partial charge in [0.15, 0.2) is 5.82 Å².